The van der Waals surface area contributed by atoms with E-state index in [9.17, 15) is 9.90 Å². The molecule has 1 N–H and O–H groups in total. The van der Waals surface area contributed by atoms with E-state index in [1.54, 1.807) is 12.1 Å². The summed E-state index contributed by atoms with van der Waals surface area (Å²) in [7, 11) is 0. The molecule has 4 heteroatoms. The molecule has 0 bridgehead atoms. The molecule has 0 saturated carbocycles. The summed E-state index contributed by atoms with van der Waals surface area (Å²) in [6.45, 7) is 18.4. The van der Waals surface area contributed by atoms with Gasteiger partial charge >= 0.3 is 5.97 Å². The van der Waals surface area contributed by atoms with Crippen LogP contribution in [0, 0.1) is 5.92 Å². The van der Waals surface area contributed by atoms with Crippen molar-refractivity contribution in [3.8, 4) is 28.0 Å². The number of nitrogens with zero attached hydrogens (tertiary/aromatic N) is 1. The number of carboxylic acids is 1. The first-order valence-corrected chi connectivity index (χ1v) is 14.6. The average Bonchev–Trinajstić information content (AvgIpc) is 2.91. The van der Waals surface area contributed by atoms with Crippen LogP contribution < -0.4 is 9.64 Å². The van der Waals surface area contributed by atoms with E-state index in [-0.39, 0.29) is 5.41 Å². The molecule has 0 aromatic heterocycles. The predicted molar refractivity (Wildman–Crippen MR) is 165 cm³/mol. The second-order valence-electron chi connectivity index (χ2n) is 11.8. The topological polar surface area (TPSA) is 49.8 Å². The van der Waals surface area contributed by atoms with Crippen molar-refractivity contribution in [1.82, 2.24) is 0 Å². The number of hydrogen-bond acceptors (Lipinski definition) is 3. The molecule has 0 saturated heterocycles. The van der Waals surface area contributed by atoms with Gasteiger partial charge < -0.3 is 14.7 Å². The zero-order chi connectivity index (χ0) is 28.6. The third-order valence-electron chi connectivity index (χ3n) is 7.35. The molecule has 3 rings (SSSR count). The summed E-state index contributed by atoms with van der Waals surface area (Å²) in [5.41, 5.74) is 7.09. The van der Waals surface area contributed by atoms with Gasteiger partial charge in [0.1, 0.15) is 5.75 Å². The monoisotopic (exact) mass is 529 g/mol. The molecule has 4 nitrogen and oxygen atoms in total. The molecule has 3 aromatic rings. The van der Waals surface area contributed by atoms with E-state index in [1.165, 1.54) is 30.5 Å². The third-order valence-corrected chi connectivity index (χ3v) is 7.35. The van der Waals surface area contributed by atoms with Crippen molar-refractivity contribution < 1.29 is 14.6 Å². The molecule has 0 aliphatic carbocycles. The molecule has 0 fully saturated rings. The van der Waals surface area contributed by atoms with Crippen LogP contribution in [-0.4, -0.2) is 30.8 Å². The molecule has 0 atom stereocenters. The fourth-order valence-corrected chi connectivity index (χ4v) is 5.02. The Morgan fingerprint density at radius 1 is 0.846 bits per heavy atom. The molecule has 210 valence electrons. The molecule has 0 spiro atoms. The van der Waals surface area contributed by atoms with Gasteiger partial charge in [0, 0.05) is 24.3 Å². The van der Waals surface area contributed by atoms with E-state index in [2.05, 4.69) is 89.8 Å². The van der Waals surface area contributed by atoms with Crippen LogP contribution in [0.15, 0.2) is 60.7 Å². The highest BCUT2D eigenvalue weighted by atomic mass is 16.5. The second kappa shape index (κ2) is 13.7. The highest BCUT2D eigenvalue weighted by Crippen LogP contribution is 2.40. The van der Waals surface area contributed by atoms with Crippen molar-refractivity contribution in [2.24, 2.45) is 5.92 Å². The second-order valence-corrected chi connectivity index (χ2v) is 11.8. The number of hydrogen-bond donors (Lipinski definition) is 1. The molecule has 0 aliphatic rings. The maximum absolute atomic E-state index is 11.3. The van der Waals surface area contributed by atoms with Gasteiger partial charge in [-0.2, -0.15) is 0 Å². The number of unbranched alkanes of at least 4 members (excludes halogenated alkanes) is 2. The Balaban J connectivity index is 2.02. The fraction of sp³-hybridized carbons (Fsp3) is 0.457. The lowest BCUT2D eigenvalue weighted by Gasteiger charge is -2.31. The number of benzene rings is 3. The van der Waals surface area contributed by atoms with Gasteiger partial charge in [-0.05, 0) is 90.3 Å². The summed E-state index contributed by atoms with van der Waals surface area (Å²) in [6, 6.07) is 20.2. The predicted octanol–water partition coefficient (Wildman–Crippen LogP) is 9.46. The van der Waals surface area contributed by atoms with Gasteiger partial charge in [-0.1, -0.05) is 78.1 Å². The van der Waals surface area contributed by atoms with Gasteiger partial charge in [-0.3, -0.25) is 0 Å². The van der Waals surface area contributed by atoms with Crippen LogP contribution in [0.4, 0.5) is 5.69 Å². The third kappa shape index (κ3) is 8.11. The van der Waals surface area contributed by atoms with E-state index in [1.807, 2.05) is 12.1 Å². The van der Waals surface area contributed by atoms with Crippen LogP contribution in [0.5, 0.6) is 5.75 Å². The fourth-order valence-electron chi connectivity index (χ4n) is 5.02. The molecule has 3 aromatic carbocycles. The Morgan fingerprint density at radius 2 is 1.49 bits per heavy atom. The summed E-state index contributed by atoms with van der Waals surface area (Å²) in [5, 5.41) is 9.31. The molecular weight excluding hydrogens is 482 g/mol. The molecule has 0 unspecified atom stereocenters. The van der Waals surface area contributed by atoms with Crippen LogP contribution in [0.2, 0.25) is 0 Å². The molecule has 39 heavy (non-hydrogen) atoms. The van der Waals surface area contributed by atoms with E-state index in [0.717, 1.165) is 53.4 Å². The Morgan fingerprint density at radius 3 is 2.08 bits per heavy atom. The maximum Gasteiger partial charge on any atom is 0.335 e. The van der Waals surface area contributed by atoms with Crippen molar-refractivity contribution >= 4 is 11.7 Å². The lowest BCUT2D eigenvalue weighted by Crippen LogP contribution is -2.26. The number of aromatic carboxylic acids is 1. The number of ether oxygens (including phenoxy) is 1. The van der Waals surface area contributed by atoms with E-state index >= 15 is 0 Å². The number of carboxylic acid groups (broad SMARTS) is 1. The van der Waals surface area contributed by atoms with Crippen LogP contribution in [0.25, 0.3) is 22.3 Å². The smallest absolute Gasteiger partial charge is 0.335 e. The summed E-state index contributed by atoms with van der Waals surface area (Å²) in [5.74, 6) is 0.716. The Hall–Kier alpha value is -3.27. The summed E-state index contributed by atoms with van der Waals surface area (Å²) >= 11 is 0. The van der Waals surface area contributed by atoms with Gasteiger partial charge in [0.15, 0.2) is 0 Å². The largest absolute Gasteiger partial charge is 0.493 e. The average molecular weight is 530 g/mol. The zero-order valence-electron chi connectivity index (χ0n) is 25.0. The summed E-state index contributed by atoms with van der Waals surface area (Å²) in [4.78, 5) is 13.8. The van der Waals surface area contributed by atoms with Crippen LogP contribution in [-0.2, 0) is 5.41 Å². The quantitative estimate of drug-likeness (QED) is 0.224. The van der Waals surface area contributed by atoms with Gasteiger partial charge in [-0.25, -0.2) is 4.79 Å². The summed E-state index contributed by atoms with van der Waals surface area (Å²) < 4.78 is 6.40. The highest BCUT2D eigenvalue weighted by Gasteiger charge is 2.22. The lowest BCUT2D eigenvalue weighted by atomic mass is 9.83. The first-order valence-electron chi connectivity index (χ1n) is 14.6. The van der Waals surface area contributed by atoms with Crippen LogP contribution in [0.3, 0.4) is 0 Å². The molecule has 0 aliphatic heterocycles. The molecule has 0 heterocycles. The zero-order valence-corrected chi connectivity index (χ0v) is 25.0. The normalized spacial score (nSPS) is 11.6. The molecule has 0 amide bonds. The first kappa shape index (κ1) is 30.3. The number of rotatable bonds is 13. The minimum absolute atomic E-state index is 0.0182. The first-order chi connectivity index (χ1) is 18.5. The van der Waals surface area contributed by atoms with E-state index in [0.29, 0.717) is 12.2 Å². The van der Waals surface area contributed by atoms with Crippen molar-refractivity contribution in [2.75, 3.05) is 24.6 Å². The Bertz CT molecular complexity index is 1220. The lowest BCUT2D eigenvalue weighted by molar-refractivity contribution is 0.0697. The van der Waals surface area contributed by atoms with Gasteiger partial charge in [0.25, 0.3) is 0 Å². The molecule has 0 radical (unpaired) electrons. The van der Waals surface area contributed by atoms with Crippen molar-refractivity contribution in [1.29, 1.82) is 0 Å². The van der Waals surface area contributed by atoms with E-state index < -0.39 is 5.97 Å². The SMILES string of the molecule is CCN(CC)c1ccc(-c2cc(-c3ccc(C(=O)O)cc3)ccc2OCCCCCC(C)C)cc1C(C)(C)C. The molecular formula is C35H47NO3. The number of anilines is 1. The van der Waals surface area contributed by atoms with Crippen molar-refractivity contribution in [3.05, 3.63) is 71.8 Å². The Kier molecular flexibility index (Phi) is 10.6. The van der Waals surface area contributed by atoms with Crippen molar-refractivity contribution in [2.45, 2.75) is 79.6 Å². The van der Waals surface area contributed by atoms with Crippen LogP contribution >= 0.6 is 0 Å². The minimum Gasteiger partial charge on any atom is -0.493 e. The van der Waals surface area contributed by atoms with Crippen molar-refractivity contribution in [3.63, 3.8) is 0 Å². The number of carbonyl (C=O) groups is 1. The minimum atomic E-state index is -0.914. The van der Waals surface area contributed by atoms with Gasteiger partial charge in [-0.15, -0.1) is 0 Å². The van der Waals surface area contributed by atoms with E-state index in [4.69, 9.17) is 4.74 Å². The van der Waals surface area contributed by atoms with Crippen LogP contribution in [0.1, 0.15) is 90.1 Å². The Labute approximate surface area is 236 Å². The summed E-state index contributed by atoms with van der Waals surface area (Å²) in [6.07, 6.45) is 4.71. The highest BCUT2D eigenvalue weighted by molar-refractivity contribution is 5.88. The maximum atomic E-state index is 11.3. The standard InChI is InChI=1S/C35H47NO3/c1-8-36(9-2)32-20-18-29(24-31(32)35(5,6)7)30-23-28(26-14-16-27(17-15-26)34(37)38)19-21-33(30)39-22-12-10-11-13-25(3)4/h14-21,23-25H,8-13,22H2,1-7H3,(H,37,38). The van der Waals surface area contributed by atoms with Gasteiger partial charge in [0.2, 0.25) is 0 Å². The van der Waals surface area contributed by atoms with Gasteiger partial charge in [0.05, 0.1) is 12.2 Å².